The van der Waals surface area contributed by atoms with E-state index in [2.05, 4.69) is 85.0 Å². The first kappa shape index (κ1) is 24.3. The summed E-state index contributed by atoms with van der Waals surface area (Å²) in [7, 11) is 0. The first-order valence-electron chi connectivity index (χ1n) is 8.51. The third-order valence-corrected chi connectivity index (χ3v) is 4.00. The first-order valence-corrected chi connectivity index (χ1v) is 8.51. The Bertz CT molecular complexity index is 891. The van der Waals surface area contributed by atoms with Crippen LogP contribution >= 0.6 is 0 Å². The quantitative estimate of drug-likeness (QED) is 0.254. The van der Waals surface area contributed by atoms with Crippen molar-refractivity contribution in [3.8, 4) is 0 Å². The Labute approximate surface area is 213 Å². The summed E-state index contributed by atoms with van der Waals surface area (Å²) in [6.45, 7) is 4.18. The fourth-order valence-electron chi connectivity index (χ4n) is 2.95. The summed E-state index contributed by atoms with van der Waals surface area (Å²) in [5, 5.41) is 2.61. The molecule has 132 valence electrons. The van der Waals surface area contributed by atoms with Gasteiger partial charge in [0.25, 0.3) is 0 Å². The number of allylic oxidation sites excluding steroid dienone is 1. The molecule has 0 unspecified atom stereocenters. The van der Waals surface area contributed by atoms with Gasteiger partial charge < -0.3 is 12.8 Å². The Morgan fingerprint density at radius 1 is 0.963 bits per heavy atom. The summed E-state index contributed by atoms with van der Waals surface area (Å²) >= 11 is 0. The van der Waals surface area contributed by atoms with Crippen LogP contribution in [0.2, 0.25) is 0 Å². The summed E-state index contributed by atoms with van der Waals surface area (Å²) in [6, 6.07) is 27.4. The predicted molar refractivity (Wildman–Crippen MR) is 106 cm³/mol. The summed E-state index contributed by atoms with van der Waals surface area (Å²) in [6.07, 6.45) is 8.58. The fraction of sp³-hybridized carbons (Fsp3) is 0.0833. The van der Waals surface area contributed by atoms with Gasteiger partial charge >= 0.3 is 0 Å². The monoisotopic (exact) mass is 502 g/mol. The molecule has 4 rings (SSSR count). The second-order valence-electron chi connectivity index (χ2n) is 5.85. The number of hydrogen-bond donors (Lipinski definition) is 0. The van der Waals surface area contributed by atoms with Crippen molar-refractivity contribution in [2.75, 3.05) is 0 Å². The van der Waals surface area contributed by atoms with E-state index in [0.29, 0.717) is 0 Å². The molecule has 2 heterocycles. The van der Waals surface area contributed by atoms with Crippen molar-refractivity contribution in [1.29, 1.82) is 0 Å². The average Bonchev–Trinajstić information content (AvgIpc) is 2.98. The molecule has 0 spiro atoms. The van der Waals surface area contributed by atoms with Crippen LogP contribution in [0, 0.1) is 18.9 Å². The molecule has 0 aliphatic heterocycles. The van der Waals surface area contributed by atoms with Gasteiger partial charge in [0.2, 0.25) is 0 Å². The summed E-state index contributed by atoms with van der Waals surface area (Å²) in [5.41, 5.74) is 3.77. The minimum Gasteiger partial charge on any atom is -0.413 e. The van der Waals surface area contributed by atoms with Gasteiger partial charge in [0, 0.05) is 65.4 Å². The molecule has 2 aromatic heterocycles. The SMILES string of the molecule is C[CH-][CH-]/C(C)=C\[c-]1c2ccccc2c2cccc[n+]21.[Y].[Y].[c-]1ccccc1. The zero-order chi connectivity index (χ0) is 17.5. The van der Waals surface area contributed by atoms with Gasteiger partial charge in [-0.2, -0.15) is 42.5 Å². The molecule has 0 aliphatic carbocycles. The molecule has 0 atom stereocenters. The molecule has 0 fully saturated rings. The first-order chi connectivity index (χ1) is 12.3. The Balaban J connectivity index is 0.000000393. The minimum absolute atomic E-state index is 0. The van der Waals surface area contributed by atoms with Crippen molar-refractivity contribution in [3.05, 3.63) is 109 Å². The molecule has 3 heteroatoms. The summed E-state index contributed by atoms with van der Waals surface area (Å²) in [4.78, 5) is 0. The van der Waals surface area contributed by atoms with Crippen LogP contribution in [0.1, 0.15) is 19.5 Å². The minimum atomic E-state index is 0. The Hall–Kier alpha value is -0.722. The van der Waals surface area contributed by atoms with Gasteiger partial charge in [-0.1, -0.05) is 31.2 Å². The van der Waals surface area contributed by atoms with Gasteiger partial charge in [-0.25, -0.2) is 6.92 Å². The molecular formula is C24H22NY2-3. The molecule has 27 heavy (non-hydrogen) atoms. The number of aromatic nitrogens is 1. The van der Waals surface area contributed by atoms with E-state index >= 15 is 0 Å². The van der Waals surface area contributed by atoms with Crippen LogP contribution < -0.4 is 4.40 Å². The zero-order valence-electron chi connectivity index (χ0n) is 15.8. The van der Waals surface area contributed by atoms with Crippen LogP contribution in [0.5, 0.6) is 0 Å². The van der Waals surface area contributed by atoms with Gasteiger partial charge in [0.1, 0.15) is 11.7 Å². The number of hydrogen-bond acceptors (Lipinski definition) is 0. The Morgan fingerprint density at radius 2 is 1.67 bits per heavy atom. The Morgan fingerprint density at radius 3 is 2.30 bits per heavy atom. The Kier molecular flexibility index (Phi) is 11.4. The van der Waals surface area contributed by atoms with Crippen LogP contribution in [0.4, 0.5) is 0 Å². The maximum Gasteiger partial charge on any atom is 0.138 e. The van der Waals surface area contributed by atoms with E-state index in [-0.39, 0.29) is 65.4 Å². The third-order valence-electron chi connectivity index (χ3n) is 4.00. The van der Waals surface area contributed by atoms with Gasteiger partial charge in [-0.3, -0.25) is 9.97 Å². The van der Waals surface area contributed by atoms with Crippen LogP contribution in [0.25, 0.3) is 22.4 Å². The van der Waals surface area contributed by atoms with Gasteiger partial charge in [0.05, 0.1) is 5.69 Å². The molecule has 0 bridgehead atoms. The van der Waals surface area contributed by atoms with E-state index in [9.17, 15) is 0 Å². The second-order valence-corrected chi connectivity index (χ2v) is 5.85. The predicted octanol–water partition coefficient (Wildman–Crippen LogP) is 5.61. The van der Waals surface area contributed by atoms with Crippen molar-refractivity contribution in [2.45, 2.75) is 13.8 Å². The van der Waals surface area contributed by atoms with Crippen molar-refractivity contribution in [3.63, 3.8) is 0 Å². The molecule has 0 amide bonds. The molecule has 4 aromatic rings. The van der Waals surface area contributed by atoms with E-state index in [1.165, 1.54) is 27.6 Å². The molecular weight excluding hydrogens is 480 g/mol. The standard InChI is InChI=1S/C18H17N.C6H5.2Y/c1-3-8-14(2)13-18-16-10-5-4-9-15(16)17-11-6-7-12-19(17)18;1-2-4-6-5-3-1;;/h3-13H,1-2H3;1-5H;;/q-2;-1;;/b14-13-;;;. The number of rotatable bonds is 3. The number of pyridine rings is 1. The van der Waals surface area contributed by atoms with Crippen LogP contribution in [-0.2, 0) is 65.4 Å². The molecule has 0 N–H and O–H groups in total. The van der Waals surface area contributed by atoms with E-state index in [4.69, 9.17) is 0 Å². The number of benzene rings is 2. The topological polar surface area (TPSA) is 4.10 Å². The summed E-state index contributed by atoms with van der Waals surface area (Å²) < 4.78 is 2.26. The van der Waals surface area contributed by atoms with Crippen LogP contribution in [0.15, 0.2) is 84.6 Å². The van der Waals surface area contributed by atoms with Crippen molar-refractivity contribution in [1.82, 2.24) is 0 Å². The van der Waals surface area contributed by atoms with Crippen molar-refractivity contribution < 1.29 is 69.8 Å². The van der Waals surface area contributed by atoms with E-state index in [1.54, 1.807) is 0 Å². The molecule has 1 nitrogen and oxygen atoms in total. The molecule has 0 saturated heterocycles. The molecule has 0 saturated carbocycles. The van der Waals surface area contributed by atoms with Crippen molar-refractivity contribution in [2.24, 2.45) is 0 Å². The van der Waals surface area contributed by atoms with Crippen molar-refractivity contribution >= 4 is 22.4 Å². The zero-order valence-corrected chi connectivity index (χ0v) is 21.5. The number of nitrogens with zero attached hydrogens (tertiary/aromatic N) is 1. The smallest absolute Gasteiger partial charge is 0.138 e. The molecule has 2 aromatic carbocycles. The van der Waals surface area contributed by atoms with Gasteiger partial charge in [0.15, 0.2) is 0 Å². The maximum absolute atomic E-state index is 2.89. The van der Waals surface area contributed by atoms with Crippen LogP contribution in [-0.4, -0.2) is 0 Å². The maximum atomic E-state index is 2.89. The molecule has 0 aliphatic rings. The average molecular weight is 502 g/mol. The third kappa shape index (κ3) is 6.40. The van der Waals surface area contributed by atoms with Crippen LogP contribution in [0.3, 0.4) is 0 Å². The van der Waals surface area contributed by atoms with E-state index in [0.717, 1.165) is 0 Å². The molecule has 2 radical (unpaired) electrons. The van der Waals surface area contributed by atoms with Gasteiger partial charge in [-0.05, 0) is 22.9 Å². The normalized spacial score (nSPS) is 10.4. The summed E-state index contributed by atoms with van der Waals surface area (Å²) in [5.74, 6) is 0. The largest absolute Gasteiger partial charge is 0.413 e. The number of fused-ring (bicyclic) bond motifs is 3. The van der Waals surface area contributed by atoms with E-state index in [1.807, 2.05) is 37.3 Å². The second kappa shape index (κ2) is 12.7. The van der Waals surface area contributed by atoms with E-state index < -0.39 is 0 Å². The fourth-order valence-corrected chi connectivity index (χ4v) is 2.95. The van der Waals surface area contributed by atoms with Gasteiger partial charge in [-0.15, -0.1) is 6.07 Å².